The van der Waals surface area contributed by atoms with Gasteiger partial charge in [0.25, 0.3) is 11.8 Å². The molecule has 1 atom stereocenters. The Morgan fingerprint density at radius 1 is 1.29 bits per heavy atom. The summed E-state index contributed by atoms with van der Waals surface area (Å²) in [7, 11) is 1.21. The Bertz CT molecular complexity index is 1770. The number of dihydropyridines is 1. The Morgan fingerprint density at radius 3 is 2.62 bits per heavy atom. The number of aromatic nitrogens is 2. The lowest BCUT2D eigenvalue weighted by atomic mass is 9.99. The highest BCUT2D eigenvalue weighted by molar-refractivity contribution is 7.91. The number of rotatable bonds is 10. The molecule has 2 aromatic heterocycles. The molecular weight excluding hydrogens is 558 g/mol. The van der Waals surface area contributed by atoms with E-state index in [0.29, 0.717) is 35.4 Å². The first-order chi connectivity index (χ1) is 19.9. The van der Waals surface area contributed by atoms with Crippen LogP contribution in [-0.4, -0.2) is 72.5 Å². The molecule has 0 bridgehead atoms. The van der Waals surface area contributed by atoms with Gasteiger partial charge in [0.1, 0.15) is 23.2 Å². The third-order valence-electron chi connectivity index (χ3n) is 7.75. The highest BCUT2D eigenvalue weighted by Gasteiger charge is 2.54. The van der Waals surface area contributed by atoms with Crippen LogP contribution in [0, 0.1) is 5.92 Å². The van der Waals surface area contributed by atoms with E-state index < -0.39 is 32.5 Å². The van der Waals surface area contributed by atoms with Crippen LogP contribution in [0.15, 0.2) is 66.1 Å². The van der Waals surface area contributed by atoms with Crippen LogP contribution in [0.2, 0.25) is 0 Å². The van der Waals surface area contributed by atoms with Crippen molar-refractivity contribution in [2.45, 2.75) is 30.9 Å². The van der Waals surface area contributed by atoms with Crippen molar-refractivity contribution in [3.63, 3.8) is 0 Å². The number of amides is 2. The van der Waals surface area contributed by atoms with Crippen molar-refractivity contribution in [3.05, 3.63) is 66.7 Å². The van der Waals surface area contributed by atoms with Crippen molar-refractivity contribution in [1.29, 1.82) is 0 Å². The molecule has 3 heterocycles. The third kappa shape index (κ3) is 4.95. The van der Waals surface area contributed by atoms with Gasteiger partial charge in [0.2, 0.25) is 10.0 Å². The molecule has 0 saturated heterocycles. The highest BCUT2D eigenvalue weighted by atomic mass is 32.2. The minimum absolute atomic E-state index is 0.0464. The fourth-order valence-corrected chi connectivity index (χ4v) is 7.26. The smallest absolute Gasteiger partial charge is 0.258 e. The van der Waals surface area contributed by atoms with Crippen LogP contribution in [0.25, 0.3) is 22.0 Å². The number of ether oxygens (including phenoxy) is 1. The summed E-state index contributed by atoms with van der Waals surface area (Å²) in [6.45, 7) is 5.29. The summed E-state index contributed by atoms with van der Waals surface area (Å²) in [5, 5.41) is 13.9. The maximum absolute atomic E-state index is 13.9. The molecule has 220 valence electrons. The van der Waals surface area contributed by atoms with E-state index in [9.17, 15) is 23.1 Å². The van der Waals surface area contributed by atoms with Gasteiger partial charge in [0, 0.05) is 38.1 Å². The highest BCUT2D eigenvalue weighted by Crippen LogP contribution is 2.49. The zero-order valence-electron chi connectivity index (χ0n) is 23.9. The average Bonchev–Trinajstić information content (AvgIpc) is 3.68. The Labute approximate surface area is 244 Å². The number of methoxy groups -OCH3 is 1. The molecule has 0 spiro atoms. The molecule has 3 aromatic rings. The molecule has 2 amide bonds. The van der Waals surface area contributed by atoms with Gasteiger partial charge in [-0.25, -0.2) is 22.4 Å². The van der Waals surface area contributed by atoms with E-state index >= 15 is 0 Å². The van der Waals surface area contributed by atoms with Crippen LogP contribution < -0.4 is 10.2 Å². The number of aromatic hydroxyl groups is 1. The van der Waals surface area contributed by atoms with Crippen LogP contribution >= 0.6 is 0 Å². The number of carbonyl (C=O) groups excluding carboxylic acids is 2. The van der Waals surface area contributed by atoms with Crippen molar-refractivity contribution >= 4 is 44.3 Å². The fourth-order valence-electron chi connectivity index (χ4n) is 5.25. The van der Waals surface area contributed by atoms with Crippen molar-refractivity contribution in [3.8, 4) is 16.9 Å². The number of anilines is 1. The Kier molecular flexibility index (Phi) is 7.44. The molecule has 2 aliphatic rings. The second-order valence-corrected chi connectivity index (χ2v) is 13.0. The van der Waals surface area contributed by atoms with Gasteiger partial charge in [0.05, 0.1) is 34.5 Å². The SMILES string of the molecule is C=CCC1(S(=O)(=O)n2cc(O)c3c(C(=O)NCC4C(=O)N=C(C)C=C4OC)cc(-c4ccc(N(C)C)nc4)cc32)CC1. The number of allylic oxidation sites excluding steroid dienone is 2. The van der Waals surface area contributed by atoms with Crippen LogP contribution in [0.4, 0.5) is 5.82 Å². The lowest BCUT2D eigenvalue weighted by molar-refractivity contribution is -0.121. The van der Waals surface area contributed by atoms with E-state index in [1.54, 1.807) is 37.4 Å². The van der Waals surface area contributed by atoms with Crippen molar-refractivity contribution in [1.82, 2.24) is 14.3 Å². The predicted molar refractivity (Wildman–Crippen MR) is 161 cm³/mol. The Balaban J connectivity index is 1.61. The first kappa shape index (κ1) is 29.1. The average molecular weight is 592 g/mol. The number of pyridine rings is 1. The van der Waals surface area contributed by atoms with Gasteiger partial charge in [-0.05, 0) is 62.1 Å². The zero-order valence-corrected chi connectivity index (χ0v) is 24.7. The molecule has 1 aliphatic carbocycles. The minimum atomic E-state index is -3.96. The van der Waals surface area contributed by atoms with Gasteiger partial charge in [-0.1, -0.05) is 6.08 Å². The van der Waals surface area contributed by atoms with E-state index in [1.807, 2.05) is 31.1 Å². The number of fused-ring (bicyclic) bond motifs is 1. The molecule has 12 heteroatoms. The van der Waals surface area contributed by atoms with Gasteiger partial charge < -0.3 is 20.1 Å². The molecule has 1 fully saturated rings. The lowest BCUT2D eigenvalue weighted by Gasteiger charge is -2.20. The van der Waals surface area contributed by atoms with E-state index in [1.165, 1.54) is 7.11 Å². The second-order valence-electron chi connectivity index (χ2n) is 10.8. The van der Waals surface area contributed by atoms with Crippen LogP contribution in [0.1, 0.15) is 36.5 Å². The first-order valence-electron chi connectivity index (χ1n) is 13.4. The third-order valence-corrected chi connectivity index (χ3v) is 10.2. The minimum Gasteiger partial charge on any atom is -0.506 e. The summed E-state index contributed by atoms with van der Waals surface area (Å²) in [6.07, 6.45) is 7.20. The molecule has 5 rings (SSSR count). The fraction of sp³-hybridized carbons (Fsp3) is 0.333. The number of aliphatic imine (C=N–C) groups is 1. The molecule has 42 heavy (non-hydrogen) atoms. The van der Waals surface area contributed by atoms with E-state index in [0.717, 1.165) is 16.0 Å². The van der Waals surface area contributed by atoms with Crippen LogP contribution in [0.5, 0.6) is 5.75 Å². The molecule has 1 aliphatic heterocycles. The predicted octanol–water partition coefficient (Wildman–Crippen LogP) is 3.64. The van der Waals surface area contributed by atoms with Crippen LogP contribution in [0.3, 0.4) is 0 Å². The Hall–Kier alpha value is -4.45. The van der Waals surface area contributed by atoms with Gasteiger partial charge >= 0.3 is 0 Å². The summed E-state index contributed by atoms with van der Waals surface area (Å²) in [6, 6.07) is 6.85. The van der Waals surface area contributed by atoms with Gasteiger partial charge in [0.15, 0.2) is 0 Å². The molecule has 0 radical (unpaired) electrons. The molecule has 1 saturated carbocycles. The monoisotopic (exact) mass is 591 g/mol. The largest absolute Gasteiger partial charge is 0.506 e. The second kappa shape index (κ2) is 10.8. The summed E-state index contributed by atoms with van der Waals surface area (Å²) in [5.74, 6) is -1.14. The molecular formula is C30H33N5O6S. The van der Waals surface area contributed by atoms with E-state index in [-0.39, 0.29) is 35.2 Å². The normalized spacial score (nSPS) is 17.8. The van der Waals surface area contributed by atoms with E-state index in [4.69, 9.17) is 4.74 Å². The maximum atomic E-state index is 13.9. The van der Waals surface area contributed by atoms with Crippen molar-refractivity contribution < 1.29 is 27.9 Å². The number of nitrogens with zero attached hydrogens (tertiary/aromatic N) is 4. The Morgan fingerprint density at radius 2 is 2.02 bits per heavy atom. The topological polar surface area (TPSA) is 143 Å². The van der Waals surface area contributed by atoms with Gasteiger partial charge in [-0.15, -0.1) is 6.58 Å². The van der Waals surface area contributed by atoms with Crippen LogP contribution in [-0.2, 0) is 19.6 Å². The quantitative estimate of drug-likeness (QED) is 0.340. The summed E-state index contributed by atoms with van der Waals surface area (Å²) in [4.78, 5) is 36.5. The molecule has 11 nitrogen and oxygen atoms in total. The maximum Gasteiger partial charge on any atom is 0.258 e. The number of hydrogen-bond acceptors (Lipinski definition) is 8. The number of benzene rings is 1. The first-order valence-corrected chi connectivity index (χ1v) is 14.9. The lowest BCUT2D eigenvalue weighted by Crippen LogP contribution is -2.35. The van der Waals surface area contributed by atoms with Gasteiger partial charge in [-0.2, -0.15) is 0 Å². The molecule has 1 aromatic carbocycles. The summed E-state index contributed by atoms with van der Waals surface area (Å²) < 4.78 is 33.1. The summed E-state index contributed by atoms with van der Waals surface area (Å²) in [5.41, 5.74) is 1.88. The number of carbonyl (C=O) groups is 2. The number of hydrogen-bond donors (Lipinski definition) is 2. The van der Waals surface area contributed by atoms with Gasteiger partial charge in [-0.3, -0.25) is 9.59 Å². The van der Waals surface area contributed by atoms with Crippen molar-refractivity contribution in [2.75, 3.05) is 32.6 Å². The standard InChI is InChI=1S/C30H33N5O6S/c1-6-9-30(10-11-30)42(39,40)35-17-24(36)27-21(28(37)32-16-22-25(41-5)12-18(2)33-29(22)38)13-20(14-23(27)35)19-7-8-26(31-15-19)34(3)4/h6-8,12-15,17,22,36H,1,9-11,16H2,2-5H3,(H,32,37). The summed E-state index contributed by atoms with van der Waals surface area (Å²) >= 11 is 0. The number of nitrogens with one attached hydrogen (secondary N) is 1. The molecule has 1 unspecified atom stereocenters. The van der Waals surface area contributed by atoms with E-state index in [2.05, 4.69) is 21.9 Å². The van der Waals surface area contributed by atoms with Crippen molar-refractivity contribution in [2.24, 2.45) is 10.9 Å². The zero-order chi connectivity index (χ0) is 30.4. The molecule has 2 N–H and O–H groups in total.